The van der Waals surface area contributed by atoms with Gasteiger partial charge in [-0.1, -0.05) is 111 Å². The molecule has 0 amide bonds. The minimum absolute atomic E-state index is 0.212. The molecular formula is C35H40ClN3O. The molecular weight excluding hydrogens is 514 g/mol. The predicted octanol–water partition coefficient (Wildman–Crippen LogP) is 8.83. The third-order valence-electron chi connectivity index (χ3n) is 8.14. The molecule has 1 unspecified atom stereocenters. The number of halogens is 1. The molecule has 40 heavy (non-hydrogen) atoms. The van der Waals surface area contributed by atoms with Crippen molar-refractivity contribution >= 4 is 11.6 Å². The lowest BCUT2D eigenvalue weighted by Crippen LogP contribution is -2.40. The average molecular weight is 554 g/mol. The molecule has 0 bridgehead atoms. The Morgan fingerprint density at radius 1 is 0.800 bits per heavy atom. The number of hydrogen-bond acceptors (Lipinski definition) is 4. The molecule has 1 saturated carbocycles. The number of ether oxygens (including phenoxy) is 1. The van der Waals surface area contributed by atoms with Gasteiger partial charge < -0.3 is 4.74 Å². The van der Waals surface area contributed by atoms with Gasteiger partial charge in [0.15, 0.2) is 0 Å². The predicted molar refractivity (Wildman–Crippen MR) is 165 cm³/mol. The Morgan fingerprint density at radius 2 is 1.40 bits per heavy atom. The summed E-state index contributed by atoms with van der Waals surface area (Å²) >= 11 is 6.44. The van der Waals surface area contributed by atoms with Gasteiger partial charge in [0.25, 0.3) is 0 Å². The van der Waals surface area contributed by atoms with Gasteiger partial charge in [-0.25, -0.2) is 4.98 Å². The van der Waals surface area contributed by atoms with Crippen molar-refractivity contribution in [1.82, 2.24) is 14.9 Å². The maximum absolute atomic E-state index is 6.51. The van der Waals surface area contributed by atoms with E-state index in [0.717, 1.165) is 47.8 Å². The van der Waals surface area contributed by atoms with Crippen LogP contribution in [0.1, 0.15) is 60.8 Å². The molecule has 0 aliphatic heterocycles. The first kappa shape index (κ1) is 28.3. The van der Waals surface area contributed by atoms with E-state index >= 15 is 0 Å². The monoisotopic (exact) mass is 553 g/mol. The fourth-order valence-electron chi connectivity index (χ4n) is 6.08. The summed E-state index contributed by atoms with van der Waals surface area (Å²) in [5.74, 6) is 1.25. The van der Waals surface area contributed by atoms with Crippen LogP contribution in [-0.2, 0) is 13.1 Å². The molecule has 1 aromatic heterocycles. The lowest BCUT2D eigenvalue weighted by Gasteiger charge is -2.35. The third kappa shape index (κ3) is 7.71. The van der Waals surface area contributed by atoms with Gasteiger partial charge in [-0.15, -0.1) is 0 Å². The quantitative estimate of drug-likeness (QED) is 0.174. The van der Waals surface area contributed by atoms with E-state index in [4.69, 9.17) is 16.3 Å². The summed E-state index contributed by atoms with van der Waals surface area (Å²) in [4.78, 5) is 11.6. The maximum Gasteiger partial charge on any atom is 0.226 e. The van der Waals surface area contributed by atoms with Crippen molar-refractivity contribution in [3.8, 4) is 17.1 Å². The normalized spacial score (nSPS) is 14.8. The molecule has 1 atom stereocenters. The first-order chi connectivity index (χ1) is 19.5. The highest BCUT2D eigenvalue weighted by Crippen LogP contribution is 2.31. The van der Waals surface area contributed by atoms with E-state index in [-0.39, 0.29) is 11.3 Å². The van der Waals surface area contributed by atoms with Crippen molar-refractivity contribution < 1.29 is 4.74 Å². The summed E-state index contributed by atoms with van der Waals surface area (Å²) in [6.45, 7) is 6.49. The third-order valence-corrected chi connectivity index (χ3v) is 8.31. The summed E-state index contributed by atoms with van der Waals surface area (Å²) in [6.07, 6.45) is 7.73. The molecule has 4 aromatic rings. The van der Waals surface area contributed by atoms with Crippen LogP contribution in [-0.4, -0.2) is 27.5 Å². The summed E-state index contributed by atoms with van der Waals surface area (Å²) in [5.41, 5.74) is 6.84. The summed E-state index contributed by atoms with van der Waals surface area (Å²) < 4.78 is 6.51. The first-order valence-electron chi connectivity index (χ1n) is 14.6. The smallest absolute Gasteiger partial charge is 0.226 e. The lowest BCUT2D eigenvalue weighted by atomic mass is 9.84. The highest BCUT2D eigenvalue weighted by Gasteiger charge is 2.26. The molecule has 3 aromatic carbocycles. The molecule has 208 valence electrons. The second-order valence-electron chi connectivity index (χ2n) is 11.2. The van der Waals surface area contributed by atoms with Gasteiger partial charge in [0.2, 0.25) is 11.2 Å². The second kappa shape index (κ2) is 13.9. The van der Waals surface area contributed by atoms with Crippen LogP contribution in [0.4, 0.5) is 0 Å². The maximum atomic E-state index is 6.51. The van der Waals surface area contributed by atoms with Crippen LogP contribution in [0, 0.1) is 19.8 Å². The van der Waals surface area contributed by atoms with Crippen LogP contribution in [0.5, 0.6) is 5.88 Å². The van der Waals surface area contributed by atoms with Gasteiger partial charge in [0, 0.05) is 30.8 Å². The van der Waals surface area contributed by atoms with E-state index in [1.807, 2.05) is 6.07 Å². The number of aromatic nitrogens is 2. The molecule has 5 rings (SSSR count). The Hall–Kier alpha value is -3.21. The number of rotatable bonds is 11. The van der Waals surface area contributed by atoms with Crippen LogP contribution in [0.15, 0.2) is 84.9 Å². The van der Waals surface area contributed by atoms with E-state index in [2.05, 4.69) is 108 Å². The zero-order valence-corrected chi connectivity index (χ0v) is 24.5. The Balaban J connectivity index is 1.42. The van der Waals surface area contributed by atoms with E-state index in [1.54, 1.807) is 0 Å². The average Bonchev–Trinajstić information content (AvgIpc) is 2.96. The molecule has 0 radical (unpaired) electrons. The van der Waals surface area contributed by atoms with Crippen molar-refractivity contribution in [2.45, 2.75) is 71.5 Å². The van der Waals surface area contributed by atoms with E-state index in [9.17, 15) is 0 Å². The van der Waals surface area contributed by atoms with Crippen molar-refractivity contribution in [2.24, 2.45) is 5.92 Å². The first-order valence-corrected chi connectivity index (χ1v) is 15.0. The Bertz CT molecular complexity index is 1290. The van der Waals surface area contributed by atoms with E-state index < -0.39 is 0 Å². The van der Waals surface area contributed by atoms with Gasteiger partial charge in [-0.05, 0) is 60.0 Å². The van der Waals surface area contributed by atoms with Gasteiger partial charge in [-0.3, -0.25) is 4.90 Å². The van der Waals surface area contributed by atoms with Gasteiger partial charge in [0.05, 0.1) is 5.69 Å². The molecule has 1 aliphatic rings. The standard InChI is InChI=1S/C35H40ClN3O/c1-26-13-12-14-27(2)34(26)32-22-33(38-35(36)37-32)40-25-31(21-28-15-6-3-7-16-28)39(23-29-17-8-4-9-18-29)24-30-19-10-5-11-20-30/h4-5,8-14,17-20,22,28,31H,3,6-7,15-16,21,23-25H2,1-2H3. The zero-order valence-electron chi connectivity index (χ0n) is 23.7. The lowest BCUT2D eigenvalue weighted by molar-refractivity contribution is 0.0919. The fourth-order valence-corrected chi connectivity index (χ4v) is 6.25. The summed E-state index contributed by atoms with van der Waals surface area (Å²) in [5, 5.41) is 0.212. The topological polar surface area (TPSA) is 38.2 Å². The Kier molecular flexibility index (Phi) is 9.85. The van der Waals surface area contributed by atoms with Crippen molar-refractivity contribution in [3.63, 3.8) is 0 Å². The van der Waals surface area contributed by atoms with Crippen molar-refractivity contribution in [3.05, 3.63) is 112 Å². The molecule has 1 aliphatic carbocycles. The largest absolute Gasteiger partial charge is 0.476 e. The second-order valence-corrected chi connectivity index (χ2v) is 11.5. The highest BCUT2D eigenvalue weighted by molar-refractivity contribution is 6.28. The fraction of sp³-hybridized carbons (Fsp3) is 0.371. The number of benzene rings is 3. The van der Waals surface area contributed by atoms with Crippen molar-refractivity contribution in [2.75, 3.05) is 6.61 Å². The SMILES string of the molecule is Cc1cccc(C)c1-c1cc(OCC(CC2CCCCC2)N(Cc2ccccc2)Cc2ccccc2)nc(Cl)n1. The van der Waals surface area contributed by atoms with Crippen LogP contribution < -0.4 is 4.74 Å². The van der Waals surface area contributed by atoms with Gasteiger partial charge in [0.1, 0.15) is 6.61 Å². The van der Waals surface area contributed by atoms with E-state index in [0.29, 0.717) is 12.5 Å². The Labute approximate surface area is 244 Å². The van der Waals surface area contributed by atoms with E-state index in [1.165, 1.54) is 43.2 Å². The molecule has 5 heteroatoms. The van der Waals surface area contributed by atoms with Crippen LogP contribution in [0.2, 0.25) is 5.28 Å². The van der Waals surface area contributed by atoms with Gasteiger partial charge in [-0.2, -0.15) is 4.98 Å². The van der Waals surface area contributed by atoms with Gasteiger partial charge >= 0.3 is 0 Å². The van der Waals surface area contributed by atoms with Crippen molar-refractivity contribution in [1.29, 1.82) is 0 Å². The van der Waals surface area contributed by atoms with Crippen LogP contribution in [0.25, 0.3) is 11.3 Å². The Morgan fingerprint density at radius 3 is 2.00 bits per heavy atom. The number of hydrogen-bond donors (Lipinski definition) is 0. The summed E-state index contributed by atoms with van der Waals surface area (Å²) in [7, 11) is 0. The minimum atomic E-state index is 0.212. The highest BCUT2D eigenvalue weighted by atomic mass is 35.5. The minimum Gasteiger partial charge on any atom is -0.476 e. The molecule has 1 heterocycles. The van der Waals surface area contributed by atoms with Crippen LogP contribution in [0.3, 0.4) is 0 Å². The van der Waals surface area contributed by atoms with Crippen LogP contribution >= 0.6 is 11.6 Å². The molecule has 0 spiro atoms. The molecule has 4 nitrogen and oxygen atoms in total. The zero-order chi connectivity index (χ0) is 27.7. The number of nitrogens with zero attached hydrogens (tertiary/aromatic N) is 3. The number of aryl methyl sites for hydroxylation is 2. The molecule has 0 N–H and O–H groups in total. The molecule has 1 fully saturated rings. The summed E-state index contributed by atoms with van der Waals surface area (Å²) in [6, 6.07) is 30.0. The molecule has 0 saturated heterocycles.